The number of fused-ring (bicyclic) bond motifs is 2. The first-order valence-electron chi connectivity index (χ1n) is 13.9. The summed E-state index contributed by atoms with van der Waals surface area (Å²) in [7, 11) is 0. The summed E-state index contributed by atoms with van der Waals surface area (Å²) in [5.74, 6) is 0.0697. The summed E-state index contributed by atoms with van der Waals surface area (Å²) in [4.78, 5) is 19.3. The van der Waals surface area contributed by atoms with Crippen LogP contribution in [0.1, 0.15) is 45.6 Å². The monoisotopic (exact) mass is 552 g/mol. The molecule has 6 rings (SSSR count). The van der Waals surface area contributed by atoms with Crippen molar-refractivity contribution in [2.24, 2.45) is 0 Å². The van der Waals surface area contributed by atoms with Crippen molar-refractivity contribution < 1.29 is 14.6 Å². The first-order chi connectivity index (χ1) is 19.4. The third-order valence-corrected chi connectivity index (χ3v) is 8.52. The van der Waals surface area contributed by atoms with E-state index in [1.54, 1.807) is 0 Å². The zero-order valence-electron chi connectivity index (χ0n) is 23.0. The van der Waals surface area contributed by atoms with E-state index < -0.39 is 5.97 Å². The Kier molecular flexibility index (Phi) is 7.35. The number of nitrogens with zero attached hydrogens (tertiary/aromatic N) is 2. The highest BCUT2D eigenvalue weighted by Gasteiger charge is 2.24. The van der Waals surface area contributed by atoms with E-state index in [2.05, 4.69) is 41.3 Å². The number of ether oxygens (including phenoxy) is 1. The van der Waals surface area contributed by atoms with Crippen LogP contribution in [0, 0.1) is 13.8 Å². The van der Waals surface area contributed by atoms with Gasteiger partial charge in [-0.25, -0.2) is 0 Å². The van der Waals surface area contributed by atoms with E-state index in [4.69, 9.17) is 21.3 Å². The van der Waals surface area contributed by atoms with E-state index in [0.29, 0.717) is 0 Å². The van der Waals surface area contributed by atoms with Crippen molar-refractivity contribution in [2.75, 3.05) is 13.2 Å². The Morgan fingerprint density at radius 2 is 1.73 bits per heavy atom. The fourth-order valence-electron chi connectivity index (χ4n) is 6.21. The van der Waals surface area contributed by atoms with Gasteiger partial charge in [-0.05, 0) is 95.8 Å². The SMILES string of the molecule is Cc1nc(C)c(-c2ccc3c(c2)CCN(Cc2ccccc2Cl)C3)c(-c2ccc3c(c2)CCCO3)c1CC(=O)O. The number of hydrogen-bond acceptors (Lipinski definition) is 4. The number of rotatable bonds is 6. The Balaban J connectivity index is 1.41. The number of carbonyl (C=O) groups is 1. The van der Waals surface area contributed by atoms with Gasteiger partial charge >= 0.3 is 5.97 Å². The summed E-state index contributed by atoms with van der Waals surface area (Å²) in [6, 6.07) is 21.0. The lowest BCUT2D eigenvalue weighted by molar-refractivity contribution is -0.136. The normalized spacial score (nSPS) is 14.8. The van der Waals surface area contributed by atoms with Gasteiger partial charge in [0.25, 0.3) is 0 Å². The molecule has 6 heteroatoms. The Hall–Kier alpha value is -3.67. The third kappa shape index (κ3) is 5.24. The number of carboxylic acid groups (broad SMARTS) is 1. The zero-order valence-corrected chi connectivity index (χ0v) is 23.7. The number of halogens is 1. The van der Waals surface area contributed by atoms with Crippen molar-refractivity contribution in [3.63, 3.8) is 0 Å². The number of carboxylic acids is 1. The van der Waals surface area contributed by atoms with E-state index >= 15 is 0 Å². The number of aliphatic carboxylic acids is 1. The van der Waals surface area contributed by atoms with Crippen LogP contribution in [0.2, 0.25) is 5.02 Å². The maximum absolute atomic E-state index is 12.0. The number of pyridine rings is 1. The van der Waals surface area contributed by atoms with Crippen molar-refractivity contribution in [3.8, 4) is 28.0 Å². The molecular formula is C34H33ClN2O3. The predicted octanol–water partition coefficient (Wildman–Crippen LogP) is 7.20. The second kappa shape index (κ2) is 11.1. The lowest BCUT2D eigenvalue weighted by Crippen LogP contribution is -2.30. The first-order valence-corrected chi connectivity index (χ1v) is 14.3. The molecule has 0 unspecified atom stereocenters. The number of aromatic nitrogens is 1. The Bertz CT molecular complexity index is 1610. The van der Waals surface area contributed by atoms with Gasteiger partial charge in [0.05, 0.1) is 13.0 Å². The van der Waals surface area contributed by atoms with Gasteiger partial charge in [0.15, 0.2) is 0 Å². The largest absolute Gasteiger partial charge is 0.493 e. The van der Waals surface area contributed by atoms with Crippen LogP contribution in [0.4, 0.5) is 0 Å². The molecule has 0 amide bonds. The molecule has 0 fully saturated rings. The summed E-state index contributed by atoms with van der Waals surface area (Å²) in [5, 5.41) is 10.6. The lowest BCUT2D eigenvalue weighted by atomic mass is 9.85. The highest BCUT2D eigenvalue weighted by Crippen LogP contribution is 2.41. The molecule has 5 nitrogen and oxygen atoms in total. The van der Waals surface area contributed by atoms with Gasteiger partial charge in [0, 0.05) is 41.6 Å². The molecule has 0 radical (unpaired) electrons. The lowest BCUT2D eigenvalue weighted by Gasteiger charge is -2.30. The molecule has 1 N–H and O–H groups in total. The minimum atomic E-state index is -0.855. The smallest absolute Gasteiger partial charge is 0.307 e. The predicted molar refractivity (Wildman–Crippen MR) is 159 cm³/mol. The van der Waals surface area contributed by atoms with Crippen LogP contribution >= 0.6 is 11.6 Å². The fourth-order valence-corrected chi connectivity index (χ4v) is 6.41. The van der Waals surface area contributed by atoms with Crippen molar-refractivity contribution in [1.29, 1.82) is 0 Å². The standard InChI is InChI=1S/C34H33ClN2O3/c1-21-29(18-32(38)39)34(26-11-12-31-24(17-26)7-5-15-40-31)33(22(2)36-21)25-9-10-27-19-37(14-13-23(27)16-25)20-28-6-3-4-8-30(28)35/h3-4,6,8-12,16-17H,5,7,13-15,18-20H2,1-2H3,(H,38,39). The van der Waals surface area contributed by atoms with Gasteiger partial charge in [-0.2, -0.15) is 0 Å². The van der Waals surface area contributed by atoms with Crippen LogP contribution in [0.25, 0.3) is 22.3 Å². The van der Waals surface area contributed by atoms with E-state index in [1.165, 1.54) is 16.7 Å². The summed E-state index contributed by atoms with van der Waals surface area (Å²) in [5.41, 5.74) is 11.5. The second-order valence-corrected chi connectivity index (χ2v) is 11.3. The van der Waals surface area contributed by atoms with Gasteiger partial charge in [-0.3, -0.25) is 14.7 Å². The first kappa shape index (κ1) is 26.5. The van der Waals surface area contributed by atoms with Crippen LogP contribution in [-0.2, 0) is 37.1 Å². The van der Waals surface area contributed by atoms with Crippen molar-refractivity contribution in [3.05, 3.63) is 105 Å². The quantitative estimate of drug-likeness (QED) is 0.274. The average molecular weight is 553 g/mol. The molecule has 2 aliphatic heterocycles. The van der Waals surface area contributed by atoms with Crippen LogP contribution in [0.15, 0.2) is 60.7 Å². The molecule has 0 saturated heterocycles. The van der Waals surface area contributed by atoms with Gasteiger partial charge in [-0.15, -0.1) is 0 Å². The molecule has 0 spiro atoms. The average Bonchev–Trinajstić information content (AvgIpc) is 2.95. The molecule has 0 aliphatic carbocycles. The minimum Gasteiger partial charge on any atom is -0.493 e. The van der Waals surface area contributed by atoms with E-state index in [-0.39, 0.29) is 6.42 Å². The molecule has 2 aliphatic rings. The highest BCUT2D eigenvalue weighted by molar-refractivity contribution is 6.31. The second-order valence-electron chi connectivity index (χ2n) is 10.9. The van der Waals surface area contributed by atoms with E-state index in [9.17, 15) is 9.90 Å². The number of benzene rings is 3. The minimum absolute atomic E-state index is 0.0724. The maximum Gasteiger partial charge on any atom is 0.307 e. The molecule has 1 aromatic heterocycles. The Morgan fingerprint density at radius 3 is 2.55 bits per heavy atom. The molecule has 0 saturated carbocycles. The van der Waals surface area contributed by atoms with Crippen molar-refractivity contribution in [1.82, 2.24) is 9.88 Å². The fraction of sp³-hybridized carbons (Fsp3) is 0.294. The number of hydrogen-bond donors (Lipinski definition) is 1. The Labute approximate surface area is 240 Å². The zero-order chi connectivity index (χ0) is 27.8. The molecule has 0 atom stereocenters. The van der Waals surface area contributed by atoms with E-state index in [1.807, 2.05) is 38.1 Å². The summed E-state index contributed by atoms with van der Waals surface area (Å²) in [6.45, 7) is 7.33. The Morgan fingerprint density at radius 1 is 0.950 bits per heavy atom. The van der Waals surface area contributed by atoms with Gasteiger partial charge in [0.2, 0.25) is 0 Å². The van der Waals surface area contributed by atoms with Crippen LogP contribution in [-0.4, -0.2) is 34.1 Å². The van der Waals surface area contributed by atoms with Gasteiger partial charge in [0.1, 0.15) is 5.75 Å². The van der Waals surface area contributed by atoms with Crippen LogP contribution in [0.5, 0.6) is 5.75 Å². The van der Waals surface area contributed by atoms with Crippen molar-refractivity contribution >= 4 is 17.6 Å². The van der Waals surface area contributed by atoms with Crippen LogP contribution < -0.4 is 4.74 Å². The van der Waals surface area contributed by atoms with E-state index in [0.717, 1.165) is 101 Å². The summed E-state index contributed by atoms with van der Waals surface area (Å²) < 4.78 is 5.87. The van der Waals surface area contributed by atoms with Gasteiger partial charge in [-0.1, -0.05) is 54.1 Å². The van der Waals surface area contributed by atoms with Crippen molar-refractivity contribution in [2.45, 2.75) is 52.6 Å². The molecule has 204 valence electrons. The molecule has 3 aromatic carbocycles. The van der Waals surface area contributed by atoms with Crippen LogP contribution in [0.3, 0.4) is 0 Å². The molecule has 40 heavy (non-hydrogen) atoms. The topological polar surface area (TPSA) is 62.7 Å². The molecule has 4 aromatic rings. The molecular weight excluding hydrogens is 520 g/mol. The molecule has 3 heterocycles. The summed E-state index contributed by atoms with van der Waals surface area (Å²) in [6.07, 6.45) is 2.81. The maximum atomic E-state index is 12.0. The third-order valence-electron chi connectivity index (χ3n) is 8.15. The highest BCUT2D eigenvalue weighted by atomic mass is 35.5. The summed E-state index contributed by atoms with van der Waals surface area (Å²) >= 11 is 6.43. The van der Waals surface area contributed by atoms with Gasteiger partial charge < -0.3 is 9.84 Å². The number of aryl methyl sites for hydroxylation is 3. The molecule has 0 bridgehead atoms.